The van der Waals surface area contributed by atoms with Gasteiger partial charge < -0.3 is 10.1 Å². The van der Waals surface area contributed by atoms with Crippen molar-refractivity contribution in [3.63, 3.8) is 0 Å². The van der Waals surface area contributed by atoms with Crippen LogP contribution in [0.1, 0.15) is 0 Å². The molecule has 0 saturated heterocycles. The molecule has 8 heteroatoms. The Morgan fingerprint density at radius 1 is 0.968 bits per heavy atom. The molecule has 3 aromatic carbocycles. The Kier molecular flexibility index (Phi) is 5.97. The summed E-state index contributed by atoms with van der Waals surface area (Å²) in [6.45, 7) is 0. The van der Waals surface area contributed by atoms with Gasteiger partial charge in [-0.15, -0.1) is 0 Å². The number of benzene rings is 3. The third-order valence-electron chi connectivity index (χ3n) is 4.52. The third kappa shape index (κ3) is 4.15. The molecule has 3 aromatic rings. The first-order chi connectivity index (χ1) is 15.0. The number of imide groups is 1. The number of rotatable bonds is 6. The number of hydrogen-bond acceptors (Lipinski definition) is 5. The van der Waals surface area contributed by atoms with Crippen LogP contribution in [0.25, 0.3) is 0 Å². The van der Waals surface area contributed by atoms with E-state index in [9.17, 15) is 14.0 Å². The Bertz CT molecular complexity index is 1200. The number of amides is 2. The minimum atomic E-state index is -0.632. The molecule has 5 nitrogen and oxygen atoms in total. The van der Waals surface area contributed by atoms with Crippen LogP contribution in [0.4, 0.5) is 15.8 Å². The van der Waals surface area contributed by atoms with E-state index < -0.39 is 17.6 Å². The van der Waals surface area contributed by atoms with Gasteiger partial charge in [0.05, 0.1) is 18.5 Å². The summed E-state index contributed by atoms with van der Waals surface area (Å²) in [5, 5.41) is 3.15. The lowest BCUT2D eigenvalue weighted by Crippen LogP contribution is -2.32. The van der Waals surface area contributed by atoms with E-state index in [1.165, 1.54) is 25.3 Å². The van der Waals surface area contributed by atoms with Gasteiger partial charge in [0.2, 0.25) is 0 Å². The van der Waals surface area contributed by atoms with Crippen molar-refractivity contribution in [1.29, 1.82) is 0 Å². The van der Waals surface area contributed by atoms with E-state index in [1.807, 2.05) is 30.3 Å². The molecule has 0 radical (unpaired) electrons. The van der Waals surface area contributed by atoms with Crippen molar-refractivity contribution in [1.82, 2.24) is 0 Å². The zero-order chi connectivity index (χ0) is 22.0. The average molecular weight is 455 g/mol. The molecule has 1 heterocycles. The number of ether oxygens (including phenoxy) is 1. The largest absolute Gasteiger partial charge is 0.495 e. The van der Waals surface area contributed by atoms with Gasteiger partial charge in [-0.2, -0.15) is 0 Å². The summed E-state index contributed by atoms with van der Waals surface area (Å²) in [4.78, 5) is 28.6. The lowest BCUT2D eigenvalue weighted by atomic mass is 10.2. The van der Waals surface area contributed by atoms with E-state index in [2.05, 4.69) is 5.32 Å². The van der Waals surface area contributed by atoms with Gasteiger partial charge in [-0.25, -0.2) is 9.29 Å². The smallest absolute Gasteiger partial charge is 0.283 e. The van der Waals surface area contributed by atoms with Crippen LogP contribution in [0.5, 0.6) is 5.75 Å². The van der Waals surface area contributed by atoms with E-state index in [0.717, 1.165) is 21.6 Å². The Morgan fingerprint density at radius 3 is 2.39 bits per heavy atom. The molecule has 0 atom stereocenters. The molecule has 31 heavy (non-hydrogen) atoms. The van der Waals surface area contributed by atoms with Crippen LogP contribution in [0.2, 0.25) is 5.02 Å². The van der Waals surface area contributed by atoms with E-state index >= 15 is 0 Å². The van der Waals surface area contributed by atoms with Gasteiger partial charge in [0.25, 0.3) is 11.8 Å². The van der Waals surface area contributed by atoms with Crippen LogP contribution in [-0.2, 0) is 9.59 Å². The quantitative estimate of drug-likeness (QED) is 0.500. The average Bonchev–Trinajstić information content (AvgIpc) is 3.00. The second-order valence-electron chi connectivity index (χ2n) is 6.49. The van der Waals surface area contributed by atoms with Crippen LogP contribution >= 0.6 is 23.4 Å². The third-order valence-corrected chi connectivity index (χ3v) is 5.85. The van der Waals surface area contributed by atoms with Gasteiger partial charge in [-0.1, -0.05) is 53.7 Å². The molecule has 1 aliphatic rings. The molecule has 1 N–H and O–H groups in total. The standard InChI is InChI=1S/C23H16ClFN2O3S/c1-30-19-12-11-14(24)13-18(19)27-22(28)20(26-17-10-6-5-9-16(17)25)21(23(27)29)31-15-7-3-2-4-8-15/h2-13,26H,1H3. The van der Waals surface area contributed by atoms with E-state index in [0.29, 0.717) is 10.8 Å². The molecule has 0 fully saturated rings. The first-order valence-electron chi connectivity index (χ1n) is 9.20. The molecule has 156 valence electrons. The fourth-order valence-corrected chi connectivity index (χ4v) is 4.19. The van der Waals surface area contributed by atoms with Crippen LogP contribution < -0.4 is 15.0 Å². The predicted octanol–water partition coefficient (Wildman–Crippen LogP) is 5.48. The number of thioether (sulfide) groups is 1. The normalized spacial score (nSPS) is 13.7. The molecule has 0 spiro atoms. The van der Waals surface area contributed by atoms with E-state index in [-0.39, 0.29) is 22.0 Å². The van der Waals surface area contributed by atoms with Crippen molar-refractivity contribution in [2.45, 2.75) is 4.90 Å². The Morgan fingerprint density at radius 2 is 1.68 bits per heavy atom. The number of hydrogen-bond donors (Lipinski definition) is 1. The molecule has 4 rings (SSSR count). The van der Waals surface area contributed by atoms with Crippen LogP contribution in [0.3, 0.4) is 0 Å². The summed E-state index contributed by atoms with van der Waals surface area (Å²) in [6.07, 6.45) is 0. The maximum absolute atomic E-state index is 14.3. The molecule has 0 aliphatic carbocycles. The number of anilines is 2. The van der Waals surface area contributed by atoms with Crippen molar-refractivity contribution in [3.05, 3.63) is 94.2 Å². The predicted molar refractivity (Wildman–Crippen MR) is 120 cm³/mol. The van der Waals surface area contributed by atoms with Crippen molar-refractivity contribution in [2.75, 3.05) is 17.3 Å². The van der Waals surface area contributed by atoms with Gasteiger partial charge in [-0.3, -0.25) is 9.59 Å². The van der Waals surface area contributed by atoms with Crippen molar-refractivity contribution in [2.24, 2.45) is 0 Å². The molecular weight excluding hydrogens is 439 g/mol. The number of methoxy groups -OCH3 is 1. The number of halogens is 2. The highest BCUT2D eigenvalue weighted by Crippen LogP contribution is 2.41. The topological polar surface area (TPSA) is 58.6 Å². The molecule has 0 unspecified atom stereocenters. The molecule has 0 aromatic heterocycles. The summed E-state index contributed by atoms with van der Waals surface area (Å²) >= 11 is 7.23. The highest BCUT2D eigenvalue weighted by molar-refractivity contribution is 8.04. The summed E-state index contributed by atoms with van der Waals surface area (Å²) < 4.78 is 19.6. The van der Waals surface area contributed by atoms with Gasteiger partial charge in [0, 0.05) is 9.92 Å². The molecule has 2 amide bonds. The van der Waals surface area contributed by atoms with E-state index in [4.69, 9.17) is 16.3 Å². The van der Waals surface area contributed by atoms with E-state index in [1.54, 1.807) is 24.3 Å². The van der Waals surface area contributed by atoms with Gasteiger partial charge in [0.15, 0.2) is 0 Å². The molecule has 0 saturated carbocycles. The fraction of sp³-hybridized carbons (Fsp3) is 0.0435. The SMILES string of the molecule is COc1ccc(Cl)cc1N1C(=O)C(Nc2ccccc2F)=C(Sc2ccccc2)C1=O. The second kappa shape index (κ2) is 8.83. The summed E-state index contributed by atoms with van der Waals surface area (Å²) in [5.41, 5.74) is 0.275. The van der Waals surface area contributed by atoms with Gasteiger partial charge in [0.1, 0.15) is 22.2 Å². The number of carbonyl (C=O) groups excluding carboxylic acids is 2. The number of nitrogens with one attached hydrogen (secondary N) is 1. The lowest BCUT2D eigenvalue weighted by Gasteiger charge is -2.18. The summed E-state index contributed by atoms with van der Waals surface area (Å²) in [6, 6.07) is 19.7. The zero-order valence-corrected chi connectivity index (χ0v) is 17.8. The second-order valence-corrected chi connectivity index (χ2v) is 8.01. The first-order valence-corrected chi connectivity index (χ1v) is 10.4. The highest BCUT2D eigenvalue weighted by atomic mass is 35.5. The summed E-state index contributed by atoms with van der Waals surface area (Å²) in [5.74, 6) is -1.43. The minimum absolute atomic E-state index is 0.0222. The fourth-order valence-electron chi connectivity index (χ4n) is 3.07. The number of para-hydroxylation sites is 1. The Balaban J connectivity index is 1.80. The Labute approximate surface area is 187 Å². The van der Waals surface area contributed by atoms with Crippen molar-refractivity contribution < 1.29 is 18.7 Å². The van der Waals surface area contributed by atoms with Crippen LogP contribution in [0, 0.1) is 5.82 Å². The number of nitrogens with zero attached hydrogens (tertiary/aromatic N) is 1. The monoisotopic (exact) mass is 454 g/mol. The van der Waals surface area contributed by atoms with Gasteiger partial charge >= 0.3 is 0 Å². The Hall–Kier alpha value is -3.29. The van der Waals surface area contributed by atoms with Crippen LogP contribution in [0.15, 0.2) is 88.3 Å². The summed E-state index contributed by atoms with van der Waals surface area (Å²) in [7, 11) is 1.43. The highest BCUT2D eigenvalue weighted by Gasteiger charge is 2.41. The van der Waals surface area contributed by atoms with Crippen LogP contribution in [-0.4, -0.2) is 18.9 Å². The molecular formula is C23H16ClFN2O3S. The zero-order valence-electron chi connectivity index (χ0n) is 16.3. The first kappa shape index (κ1) is 21.0. The van der Waals surface area contributed by atoms with Crippen molar-refractivity contribution >= 4 is 46.6 Å². The lowest BCUT2D eigenvalue weighted by molar-refractivity contribution is -0.120. The minimum Gasteiger partial charge on any atom is -0.495 e. The number of carbonyl (C=O) groups is 2. The maximum atomic E-state index is 14.3. The maximum Gasteiger partial charge on any atom is 0.283 e. The molecule has 0 bridgehead atoms. The van der Waals surface area contributed by atoms with Gasteiger partial charge in [-0.05, 0) is 42.5 Å². The molecule has 1 aliphatic heterocycles. The van der Waals surface area contributed by atoms with Crippen molar-refractivity contribution in [3.8, 4) is 5.75 Å².